The first kappa shape index (κ1) is 10.4. The van der Waals surface area contributed by atoms with Crippen LogP contribution in [0.3, 0.4) is 0 Å². The Kier molecular flexibility index (Phi) is 14.4. The van der Waals surface area contributed by atoms with Gasteiger partial charge in [0.2, 0.25) is 0 Å². The first-order chi connectivity index (χ1) is 2.91. The summed E-state index contributed by atoms with van der Waals surface area (Å²) in [7, 11) is 0. The quantitative estimate of drug-likeness (QED) is 0.214. The Hall–Kier alpha value is 0.447. The Bertz CT molecular complexity index is 55.6. The van der Waals surface area contributed by atoms with Gasteiger partial charge in [0.15, 0.2) is 0 Å². The Morgan fingerprint density at radius 1 is 1.57 bits per heavy atom. The van der Waals surface area contributed by atoms with Crippen LogP contribution in [0, 0.1) is 12.3 Å². The third-order valence-corrected chi connectivity index (χ3v) is 0.703. The molecule has 0 aliphatic heterocycles. The van der Waals surface area contributed by atoms with Crippen LogP contribution in [0.4, 0.5) is 0 Å². The molecular formula is C5H7ClLi. The number of alkyl halides is 1. The number of unbranched alkanes of at least 4 members (excludes halogenated alkanes) is 1. The second-order valence-corrected chi connectivity index (χ2v) is 1.35. The predicted molar refractivity (Wildman–Crippen MR) is 34.2 cm³/mol. The van der Waals surface area contributed by atoms with Crippen LogP contribution in [-0.4, -0.2) is 24.7 Å². The van der Waals surface area contributed by atoms with Crippen LogP contribution in [0.1, 0.15) is 12.8 Å². The summed E-state index contributed by atoms with van der Waals surface area (Å²) in [6.45, 7) is 0. The summed E-state index contributed by atoms with van der Waals surface area (Å²) in [5.41, 5.74) is 0. The van der Waals surface area contributed by atoms with Crippen LogP contribution in [0.15, 0.2) is 0 Å². The predicted octanol–water partition coefficient (Wildman–Crippen LogP) is 0.947. The summed E-state index contributed by atoms with van der Waals surface area (Å²) in [5, 5.41) is 0. The van der Waals surface area contributed by atoms with Gasteiger partial charge in [-0.15, -0.1) is 11.6 Å². The fraction of sp³-hybridized carbons (Fsp3) is 0.600. The van der Waals surface area contributed by atoms with Crippen molar-refractivity contribution in [2.45, 2.75) is 12.8 Å². The van der Waals surface area contributed by atoms with Gasteiger partial charge in [0.25, 0.3) is 0 Å². The van der Waals surface area contributed by atoms with Gasteiger partial charge in [0.1, 0.15) is 0 Å². The summed E-state index contributed by atoms with van der Waals surface area (Å²) >= 11 is 5.26. The van der Waals surface area contributed by atoms with Gasteiger partial charge in [-0.3, -0.25) is 0 Å². The normalized spacial score (nSPS) is 6.29. The van der Waals surface area contributed by atoms with Crippen LogP contribution < -0.4 is 0 Å². The molecule has 0 saturated heterocycles. The van der Waals surface area contributed by atoms with Gasteiger partial charge >= 0.3 is 18.9 Å². The fourth-order valence-electron chi connectivity index (χ4n) is 0.155. The molecule has 1 radical (unpaired) electrons. The number of halogens is 1. The SMILES string of the molecule is [C]#CCCCCl.[LiH]. The van der Waals surface area contributed by atoms with E-state index in [0.29, 0.717) is 12.3 Å². The average molecular weight is 110 g/mol. The maximum absolute atomic E-state index is 6.40. The van der Waals surface area contributed by atoms with Gasteiger partial charge in [0.05, 0.1) is 0 Å². The molecule has 0 aliphatic carbocycles. The Morgan fingerprint density at radius 3 is 2.29 bits per heavy atom. The van der Waals surface area contributed by atoms with Crippen molar-refractivity contribution < 1.29 is 0 Å². The molecule has 0 saturated carbocycles. The van der Waals surface area contributed by atoms with Crippen LogP contribution in [-0.2, 0) is 0 Å². The van der Waals surface area contributed by atoms with Gasteiger partial charge in [-0.05, 0) is 12.8 Å². The van der Waals surface area contributed by atoms with E-state index < -0.39 is 0 Å². The minimum atomic E-state index is 0. The zero-order valence-corrected chi connectivity index (χ0v) is 4.26. The molecule has 7 heavy (non-hydrogen) atoms. The minimum absolute atomic E-state index is 0. The number of rotatable bonds is 2. The van der Waals surface area contributed by atoms with Crippen LogP contribution >= 0.6 is 11.6 Å². The molecule has 0 amide bonds. The summed E-state index contributed by atoms with van der Waals surface area (Å²) in [6, 6.07) is 0. The summed E-state index contributed by atoms with van der Waals surface area (Å²) in [5.74, 6) is 2.88. The van der Waals surface area contributed by atoms with Crippen LogP contribution in [0.2, 0.25) is 0 Å². The summed E-state index contributed by atoms with van der Waals surface area (Å²) in [4.78, 5) is 0. The molecule has 0 bridgehead atoms. The topological polar surface area (TPSA) is 0 Å². The van der Waals surface area contributed by atoms with Crippen LogP contribution in [0.5, 0.6) is 0 Å². The molecule has 0 N–H and O–H groups in total. The van der Waals surface area contributed by atoms with Gasteiger partial charge < -0.3 is 0 Å². The molecule has 0 aromatic carbocycles. The summed E-state index contributed by atoms with van der Waals surface area (Å²) < 4.78 is 0. The molecular weight excluding hydrogens is 102 g/mol. The second kappa shape index (κ2) is 9.67. The first-order valence-electron chi connectivity index (χ1n) is 1.87. The molecule has 0 rings (SSSR count). The van der Waals surface area contributed by atoms with Gasteiger partial charge in [0, 0.05) is 12.3 Å². The van der Waals surface area contributed by atoms with E-state index in [2.05, 4.69) is 5.92 Å². The van der Waals surface area contributed by atoms with E-state index >= 15 is 0 Å². The van der Waals surface area contributed by atoms with Crippen molar-refractivity contribution in [2.75, 3.05) is 5.88 Å². The zero-order chi connectivity index (χ0) is 4.83. The van der Waals surface area contributed by atoms with E-state index in [1.165, 1.54) is 0 Å². The van der Waals surface area contributed by atoms with Gasteiger partial charge in [-0.1, -0.05) is 5.92 Å². The van der Waals surface area contributed by atoms with Crippen molar-refractivity contribution in [2.24, 2.45) is 0 Å². The van der Waals surface area contributed by atoms with E-state index in [1.807, 2.05) is 0 Å². The third kappa shape index (κ3) is 10.7. The van der Waals surface area contributed by atoms with Crippen molar-refractivity contribution in [3.63, 3.8) is 0 Å². The zero-order valence-electron chi connectivity index (χ0n) is 3.50. The van der Waals surface area contributed by atoms with Crippen molar-refractivity contribution >= 4 is 30.5 Å². The number of hydrogen-bond donors (Lipinski definition) is 0. The molecule has 0 heterocycles. The molecule has 0 aromatic rings. The van der Waals surface area contributed by atoms with Gasteiger partial charge in [-0.25, -0.2) is 0 Å². The van der Waals surface area contributed by atoms with E-state index in [9.17, 15) is 0 Å². The molecule has 0 fully saturated rings. The van der Waals surface area contributed by atoms with Crippen molar-refractivity contribution in [1.29, 1.82) is 0 Å². The molecule has 0 aliphatic rings. The first-order valence-corrected chi connectivity index (χ1v) is 2.41. The van der Waals surface area contributed by atoms with Crippen molar-refractivity contribution in [1.82, 2.24) is 0 Å². The molecule has 0 aromatic heterocycles. The third-order valence-electron chi connectivity index (χ3n) is 0.435. The van der Waals surface area contributed by atoms with Crippen molar-refractivity contribution in [3.8, 4) is 5.92 Å². The second-order valence-electron chi connectivity index (χ2n) is 0.969. The van der Waals surface area contributed by atoms with E-state index in [1.54, 1.807) is 0 Å². The van der Waals surface area contributed by atoms with Crippen LogP contribution in [0.25, 0.3) is 0 Å². The molecule has 0 spiro atoms. The Labute approximate surface area is 61.8 Å². The molecule has 0 nitrogen and oxygen atoms in total. The van der Waals surface area contributed by atoms with Crippen molar-refractivity contribution in [3.05, 3.63) is 6.42 Å². The number of hydrogen-bond acceptors (Lipinski definition) is 0. The molecule has 0 atom stereocenters. The maximum atomic E-state index is 6.40. The monoisotopic (exact) mass is 109 g/mol. The standard InChI is InChI=1S/C5H6Cl.Li.H/c1-2-3-4-5-6;;/h3-5H2;;. The van der Waals surface area contributed by atoms with E-state index in [0.717, 1.165) is 6.42 Å². The molecule has 35 valence electrons. The van der Waals surface area contributed by atoms with Gasteiger partial charge in [-0.2, -0.15) is 0 Å². The average Bonchev–Trinajstić information content (AvgIpc) is 1.61. The Morgan fingerprint density at radius 2 is 2.14 bits per heavy atom. The van der Waals surface area contributed by atoms with E-state index in [-0.39, 0.29) is 18.9 Å². The molecule has 2 heteroatoms. The van der Waals surface area contributed by atoms with E-state index in [4.69, 9.17) is 18.0 Å². The fourth-order valence-corrected chi connectivity index (χ4v) is 0.289. The molecule has 0 unspecified atom stereocenters. The Balaban J connectivity index is 0. The summed E-state index contributed by atoms with van der Waals surface area (Å²) in [6.07, 6.45) is 7.98.